The normalized spacial score (nSPS) is 18.5. The van der Waals surface area contributed by atoms with Crippen molar-refractivity contribution in [1.29, 1.82) is 0 Å². The van der Waals surface area contributed by atoms with Crippen molar-refractivity contribution in [2.45, 2.75) is 21.1 Å². The Balaban J connectivity index is 2.27. The minimum atomic E-state index is -5.60. The zero-order chi connectivity index (χ0) is 33.4. The Hall–Kier alpha value is -3.66. The van der Waals surface area contributed by atoms with E-state index < -0.39 is 119 Å². The second kappa shape index (κ2) is 12.4. The van der Waals surface area contributed by atoms with Crippen molar-refractivity contribution in [3.05, 3.63) is 68.8 Å². The molecule has 0 saturated carbocycles. The van der Waals surface area contributed by atoms with Gasteiger partial charge < -0.3 is 0 Å². The molecule has 0 aliphatic carbocycles. The van der Waals surface area contributed by atoms with Crippen LogP contribution in [0.2, 0.25) is 0 Å². The van der Waals surface area contributed by atoms with E-state index in [4.69, 9.17) is 0 Å². The lowest BCUT2D eigenvalue weighted by Gasteiger charge is -2.46. The summed E-state index contributed by atoms with van der Waals surface area (Å²) in [6, 6.07) is 3.92. The lowest BCUT2D eigenvalue weighted by molar-refractivity contribution is -0.394. The Labute approximate surface area is 240 Å². The fourth-order valence-corrected chi connectivity index (χ4v) is 7.06. The van der Waals surface area contributed by atoms with Crippen LogP contribution in [-0.4, -0.2) is 94.2 Å². The van der Waals surface area contributed by atoms with Gasteiger partial charge in [0.1, 0.15) is 0 Å². The van der Waals surface area contributed by atoms with Gasteiger partial charge in [-0.3, -0.25) is 20.2 Å². The van der Waals surface area contributed by atoms with E-state index in [1.165, 1.54) is 0 Å². The third-order valence-electron chi connectivity index (χ3n) is 6.35. The van der Waals surface area contributed by atoms with E-state index in [1.807, 2.05) is 0 Å². The van der Waals surface area contributed by atoms with Gasteiger partial charge in [0.05, 0.1) is 45.8 Å². The Morgan fingerprint density at radius 1 is 0.545 bits per heavy atom. The van der Waals surface area contributed by atoms with Crippen molar-refractivity contribution in [3.8, 4) is 0 Å². The molecule has 3 rings (SSSR count). The second-order valence-electron chi connectivity index (χ2n) is 8.94. The van der Waals surface area contributed by atoms with Crippen LogP contribution in [0.1, 0.15) is 0 Å². The average molecular weight is 688 g/mol. The fourth-order valence-electron chi connectivity index (χ4n) is 4.00. The number of hydrogen-bond donors (Lipinski definition) is 0. The quantitative estimate of drug-likeness (QED) is 0.118. The Kier molecular flexibility index (Phi) is 9.80. The highest BCUT2D eigenvalue weighted by Crippen LogP contribution is 2.38. The molecule has 1 heterocycles. The molecule has 16 nitrogen and oxygen atoms in total. The topological polar surface area (TPSA) is 174 Å². The van der Waals surface area contributed by atoms with Gasteiger partial charge in [0, 0.05) is 45.6 Å². The molecule has 2 aromatic rings. The summed E-state index contributed by atoms with van der Waals surface area (Å²) < 4.78 is 166. The van der Waals surface area contributed by atoms with Crippen molar-refractivity contribution in [2.24, 2.45) is 0 Å². The third-order valence-corrected chi connectivity index (χ3v) is 9.96. The summed E-state index contributed by atoms with van der Waals surface area (Å²) in [7, 11) is -11.2. The van der Waals surface area contributed by atoms with Crippen molar-refractivity contribution in [2.75, 3.05) is 26.2 Å². The first-order chi connectivity index (χ1) is 20.2. The number of sulfonamides is 2. The number of benzene rings is 2. The fraction of sp³-hybridized carbons (Fsp3) is 0.333. The highest BCUT2D eigenvalue weighted by Gasteiger charge is 2.61. The first kappa shape index (κ1) is 34.8. The van der Waals surface area contributed by atoms with Gasteiger partial charge in [0.25, 0.3) is 11.4 Å². The van der Waals surface area contributed by atoms with Crippen molar-refractivity contribution >= 4 is 31.4 Å². The highest BCUT2D eigenvalue weighted by molar-refractivity contribution is 7.89. The summed E-state index contributed by atoms with van der Waals surface area (Å²) in [5.41, 5.74) is -10.2. The molecule has 44 heavy (non-hydrogen) atoms. The van der Waals surface area contributed by atoms with Crippen LogP contribution in [0.3, 0.4) is 0 Å². The molecule has 1 saturated heterocycles. The van der Waals surface area contributed by atoms with Crippen LogP contribution >= 0.6 is 0 Å². The minimum Gasteiger partial charge on any atom is -0.258 e. The monoisotopic (exact) mass is 688 g/mol. The Bertz CT molecular complexity index is 1450. The molecule has 1 aliphatic rings. The van der Waals surface area contributed by atoms with Gasteiger partial charge in [0.15, 0.2) is 0 Å². The standard InChI is InChI=1S/C18H16F8N8O8S2/c19-31(20)17(32(21)22)9-27(43(39,40)15-5-1-13(2-6-15)29(35)36)10-18(33(23)24,34(25)26)12-28(11-17)44(41,42)16-7-3-14(4-8-16)30(37)38/h1-8H,9-12H2. The molecule has 0 spiro atoms. The van der Waals surface area contributed by atoms with E-state index in [0.717, 1.165) is 0 Å². The molecule has 0 radical (unpaired) electrons. The van der Waals surface area contributed by atoms with Gasteiger partial charge in [-0.05, 0) is 24.3 Å². The molecule has 244 valence electrons. The molecule has 0 atom stereocenters. The van der Waals surface area contributed by atoms with Gasteiger partial charge in [-0.1, -0.05) is 35.9 Å². The lowest BCUT2D eigenvalue weighted by Crippen LogP contribution is -2.72. The lowest BCUT2D eigenvalue weighted by atomic mass is 10.1. The number of non-ortho nitro benzene ring substituents is 2. The summed E-state index contributed by atoms with van der Waals surface area (Å²) in [6.45, 7) is -9.38. The SMILES string of the molecule is O=[N+]([O-])c1ccc(S(=O)(=O)N2CC(N(F)F)(N(F)F)CN(S(=O)(=O)c3ccc([N+](=O)[O-])cc3)CC(N(F)F)(N(F)F)C2)cc1. The van der Waals surface area contributed by atoms with Crippen molar-refractivity contribution in [1.82, 2.24) is 30.0 Å². The van der Waals surface area contributed by atoms with E-state index in [2.05, 4.69) is 0 Å². The molecule has 0 amide bonds. The second-order valence-corrected chi connectivity index (χ2v) is 12.8. The van der Waals surface area contributed by atoms with Crippen LogP contribution in [0.25, 0.3) is 0 Å². The zero-order valence-corrected chi connectivity index (χ0v) is 22.8. The number of nitro groups is 2. The number of rotatable bonds is 10. The smallest absolute Gasteiger partial charge is 0.258 e. The van der Waals surface area contributed by atoms with Crippen LogP contribution < -0.4 is 0 Å². The summed E-state index contributed by atoms with van der Waals surface area (Å²) in [4.78, 5) is 17.5. The highest BCUT2D eigenvalue weighted by atomic mass is 32.2. The van der Waals surface area contributed by atoms with Crippen LogP contribution in [0.4, 0.5) is 47.2 Å². The Morgan fingerprint density at radius 3 is 0.955 bits per heavy atom. The first-order valence-electron chi connectivity index (χ1n) is 11.2. The third kappa shape index (κ3) is 6.27. The molecule has 0 N–H and O–H groups in total. The van der Waals surface area contributed by atoms with Gasteiger partial charge in [-0.2, -0.15) is 8.61 Å². The van der Waals surface area contributed by atoms with Crippen molar-refractivity contribution in [3.63, 3.8) is 0 Å². The number of nitro benzene ring substituents is 2. The van der Waals surface area contributed by atoms with Crippen LogP contribution in [-0.2, 0) is 20.0 Å². The average Bonchev–Trinajstić information content (AvgIpc) is 2.92. The summed E-state index contributed by atoms with van der Waals surface area (Å²) in [6.07, 6.45) is 0. The summed E-state index contributed by atoms with van der Waals surface area (Å²) in [5.74, 6) is 0. The van der Waals surface area contributed by atoms with E-state index in [0.29, 0.717) is 48.5 Å². The number of nitrogens with zero attached hydrogens (tertiary/aromatic N) is 8. The molecular weight excluding hydrogens is 672 g/mol. The Morgan fingerprint density at radius 2 is 0.773 bits per heavy atom. The minimum absolute atomic E-state index is 0.442. The van der Waals surface area contributed by atoms with E-state index in [1.54, 1.807) is 0 Å². The molecule has 1 aliphatic heterocycles. The molecule has 0 unspecified atom stereocenters. The predicted molar refractivity (Wildman–Crippen MR) is 125 cm³/mol. The van der Waals surface area contributed by atoms with Crippen LogP contribution in [0, 0.1) is 20.2 Å². The van der Waals surface area contributed by atoms with Crippen LogP contribution in [0.15, 0.2) is 58.3 Å². The maximum atomic E-state index is 14.3. The van der Waals surface area contributed by atoms with Gasteiger partial charge in [-0.25, -0.2) is 16.8 Å². The largest absolute Gasteiger partial charge is 0.269 e. The molecule has 0 bridgehead atoms. The van der Waals surface area contributed by atoms with Gasteiger partial charge >= 0.3 is 0 Å². The summed E-state index contributed by atoms with van der Waals surface area (Å²) in [5, 5.41) is 12.3. The van der Waals surface area contributed by atoms with E-state index >= 15 is 0 Å². The molecule has 26 heteroatoms. The number of halogens is 8. The van der Waals surface area contributed by atoms with Crippen LogP contribution in [0.5, 0.6) is 0 Å². The first-order valence-corrected chi connectivity index (χ1v) is 14.1. The predicted octanol–water partition coefficient (Wildman–Crippen LogP) is 2.87. The molecular formula is C18H16F8N8O8S2. The molecule has 1 fully saturated rings. The molecule has 2 aromatic carbocycles. The van der Waals surface area contributed by atoms with Gasteiger partial charge in [-0.15, -0.1) is 0 Å². The van der Waals surface area contributed by atoms with E-state index in [9.17, 15) is 72.9 Å². The maximum absolute atomic E-state index is 14.3. The van der Waals surface area contributed by atoms with Crippen molar-refractivity contribution < 1.29 is 62.5 Å². The molecule has 0 aromatic heterocycles. The zero-order valence-electron chi connectivity index (χ0n) is 21.1. The van der Waals surface area contributed by atoms with E-state index in [-0.39, 0.29) is 0 Å². The van der Waals surface area contributed by atoms with Gasteiger partial charge in [0.2, 0.25) is 31.4 Å². The maximum Gasteiger partial charge on any atom is 0.269 e. The number of hydrogen-bond acceptors (Lipinski definition) is 12. The summed E-state index contributed by atoms with van der Waals surface area (Å²) >= 11 is 0.